The minimum absolute atomic E-state index is 0. The van der Waals surface area contributed by atoms with Crippen molar-refractivity contribution in [2.45, 2.75) is 51.0 Å². The third-order valence-electron chi connectivity index (χ3n) is 6.68. The average Bonchev–Trinajstić information content (AvgIpc) is 2.79. The first-order valence-electron chi connectivity index (χ1n) is 7.98. The molecule has 0 aromatic heterocycles. The van der Waals surface area contributed by atoms with Gasteiger partial charge in [0.1, 0.15) is 0 Å². The van der Waals surface area contributed by atoms with Gasteiger partial charge in [0.25, 0.3) is 0 Å². The van der Waals surface area contributed by atoms with Crippen molar-refractivity contribution in [2.75, 3.05) is 0 Å². The summed E-state index contributed by atoms with van der Waals surface area (Å²) in [6.07, 6.45) is 19.6. The molecule has 4 rings (SSSR count). The largest absolute Gasteiger partial charge is 0.321 e. The van der Waals surface area contributed by atoms with Gasteiger partial charge in [0, 0.05) is 5.54 Å². The van der Waals surface area contributed by atoms with Crippen LogP contribution in [0.3, 0.4) is 0 Å². The van der Waals surface area contributed by atoms with E-state index in [-0.39, 0.29) is 29.5 Å². The van der Waals surface area contributed by atoms with Crippen LogP contribution >= 0.6 is 24.0 Å². The molecule has 4 aliphatic rings. The summed E-state index contributed by atoms with van der Waals surface area (Å²) in [7, 11) is 0. The van der Waals surface area contributed by atoms with E-state index in [1.807, 2.05) is 0 Å². The van der Waals surface area contributed by atoms with Crippen LogP contribution in [0, 0.1) is 23.2 Å². The molecule has 1 unspecified atom stereocenters. The molecule has 0 amide bonds. The number of hydrogen-bond donors (Lipinski definition) is 1. The number of allylic oxidation sites excluding steroid dienone is 3. The predicted molar refractivity (Wildman–Crippen MR) is 95.0 cm³/mol. The summed E-state index contributed by atoms with van der Waals surface area (Å²) in [5.41, 5.74) is 8.78. The Morgan fingerprint density at radius 2 is 2.05 bits per heavy atom. The Morgan fingerprint density at radius 1 is 1.20 bits per heavy atom. The van der Waals surface area contributed by atoms with Crippen LogP contribution in [0.15, 0.2) is 36.0 Å². The summed E-state index contributed by atoms with van der Waals surface area (Å²) in [4.78, 5) is 0. The van der Waals surface area contributed by atoms with Gasteiger partial charge in [-0.05, 0) is 60.8 Å². The van der Waals surface area contributed by atoms with E-state index >= 15 is 0 Å². The average molecular weight is 383 g/mol. The van der Waals surface area contributed by atoms with Crippen molar-refractivity contribution in [3.05, 3.63) is 36.0 Å². The molecule has 0 radical (unpaired) electrons. The van der Waals surface area contributed by atoms with Crippen molar-refractivity contribution < 1.29 is 0 Å². The topological polar surface area (TPSA) is 26.0 Å². The Hall–Kier alpha value is -0.0900. The van der Waals surface area contributed by atoms with E-state index < -0.39 is 0 Å². The summed E-state index contributed by atoms with van der Waals surface area (Å²) in [5.74, 6) is 2.29. The van der Waals surface area contributed by atoms with Crippen LogP contribution in [0.4, 0.5) is 0 Å². The Balaban J connectivity index is 0.00000121. The molecule has 0 bridgehead atoms. The first-order valence-corrected chi connectivity index (χ1v) is 7.98. The lowest BCUT2D eigenvalue weighted by atomic mass is 9.52. The van der Waals surface area contributed by atoms with Gasteiger partial charge in [-0.2, -0.15) is 0 Å². The van der Waals surface area contributed by atoms with E-state index in [1.165, 1.54) is 37.7 Å². The number of fused-ring (bicyclic) bond motifs is 5. The monoisotopic (exact) mass is 383 g/mol. The van der Waals surface area contributed by atoms with Crippen molar-refractivity contribution in [1.82, 2.24) is 0 Å². The molecule has 2 heteroatoms. The maximum Gasteiger partial charge on any atom is 0.0478 e. The highest BCUT2D eigenvalue weighted by Gasteiger charge is 2.54. The lowest BCUT2D eigenvalue weighted by molar-refractivity contribution is 0.0335. The molecule has 0 aliphatic heterocycles. The normalized spacial score (nSPS) is 48.7. The van der Waals surface area contributed by atoms with E-state index in [2.05, 4.69) is 37.3 Å². The zero-order valence-corrected chi connectivity index (χ0v) is 14.7. The van der Waals surface area contributed by atoms with Gasteiger partial charge in [-0.3, -0.25) is 0 Å². The molecule has 2 fully saturated rings. The van der Waals surface area contributed by atoms with Gasteiger partial charge in [0.15, 0.2) is 0 Å². The van der Waals surface area contributed by atoms with Crippen LogP contribution in [0.1, 0.15) is 45.4 Å². The molecule has 2 N–H and O–H groups in total. The van der Waals surface area contributed by atoms with Gasteiger partial charge in [0.2, 0.25) is 0 Å². The van der Waals surface area contributed by atoms with Crippen molar-refractivity contribution in [3.63, 3.8) is 0 Å². The number of nitrogens with two attached hydrogens (primary N) is 1. The number of rotatable bonds is 0. The van der Waals surface area contributed by atoms with Gasteiger partial charge >= 0.3 is 0 Å². The highest BCUT2D eigenvalue weighted by Crippen LogP contribution is 2.60. The number of halogens is 1. The van der Waals surface area contributed by atoms with Gasteiger partial charge in [-0.25, -0.2) is 0 Å². The first-order chi connectivity index (χ1) is 9.13. The van der Waals surface area contributed by atoms with Gasteiger partial charge < -0.3 is 5.73 Å². The fourth-order valence-electron chi connectivity index (χ4n) is 5.55. The van der Waals surface area contributed by atoms with Crippen LogP contribution in [0.2, 0.25) is 0 Å². The van der Waals surface area contributed by atoms with E-state index in [1.54, 1.807) is 0 Å². The van der Waals surface area contributed by atoms with Crippen molar-refractivity contribution in [2.24, 2.45) is 28.9 Å². The highest BCUT2D eigenvalue weighted by molar-refractivity contribution is 14.0. The Labute approximate surface area is 139 Å². The zero-order chi connectivity index (χ0) is 13.1. The molecule has 20 heavy (non-hydrogen) atoms. The quantitative estimate of drug-likeness (QED) is 0.609. The second-order valence-corrected chi connectivity index (χ2v) is 7.53. The lowest BCUT2D eigenvalue weighted by Crippen LogP contribution is -2.57. The zero-order valence-electron chi connectivity index (χ0n) is 12.3. The molecule has 0 heterocycles. The summed E-state index contributed by atoms with van der Waals surface area (Å²) in [6.45, 7) is 2.53. The summed E-state index contributed by atoms with van der Waals surface area (Å²) in [5, 5.41) is 0. The van der Waals surface area contributed by atoms with Gasteiger partial charge in [-0.1, -0.05) is 43.7 Å². The maximum atomic E-state index is 6.87. The molecule has 1 nitrogen and oxygen atoms in total. The SMILES string of the molecule is C[C@@]12CCC[C@H]1[C@@H]1C=CC3=CC=CCC3(N)[C@H]1CC2.I. The van der Waals surface area contributed by atoms with Crippen LogP contribution in [-0.4, -0.2) is 5.54 Å². The minimum Gasteiger partial charge on any atom is -0.321 e. The van der Waals surface area contributed by atoms with Gasteiger partial charge in [0.05, 0.1) is 0 Å². The number of hydrogen-bond acceptors (Lipinski definition) is 1. The Kier molecular flexibility index (Phi) is 3.69. The Bertz CT molecular complexity index is 492. The smallest absolute Gasteiger partial charge is 0.0478 e. The first kappa shape index (κ1) is 14.8. The summed E-state index contributed by atoms with van der Waals surface area (Å²) < 4.78 is 0. The Morgan fingerprint density at radius 3 is 2.90 bits per heavy atom. The van der Waals surface area contributed by atoms with Crippen molar-refractivity contribution in [1.29, 1.82) is 0 Å². The summed E-state index contributed by atoms with van der Waals surface area (Å²) in [6, 6.07) is 0. The van der Waals surface area contributed by atoms with Crippen LogP contribution < -0.4 is 5.73 Å². The standard InChI is InChI=1S/C18H25N.HI/c1-17-10-4-6-15(17)14-8-7-13-5-2-3-11-18(13,19)16(14)9-12-17;/h2-3,5,7-8,14-16H,4,6,9-12,19H2,1H3;1H/t14-,15-,16-,17-,18?;/m0./s1. The van der Waals surface area contributed by atoms with E-state index in [0.29, 0.717) is 11.3 Å². The fraction of sp³-hybridized carbons (Fsp3) is 0.667. The van der Waals surface area contributed by atoms with Crippen molar-refractivity contribution in [3.8, 4) is 0 Å². The van der Waals surface area contributed by atoms with Crippen LogP contribution in [-0.2, 0) is 0 Å². The molecule has 0 spiro atoms. The molecule has 110 valence electrons. The molecule has 5 atom stereocenters. The molecule has 4 aliphatic carbocycles. The molecular weight excluding hydrogens is 357 g/mol. The molecular formula is C18H26IN. The fourth-order valence-corrected chi connectivity index (χ4v) is 5.55. The highest BCUT2D eigenvalue weighted by atomic mass is 127. The third-order valence-corrected chi connectivity index (χ3v) is 6.68. The van der Waals surface area contributed by atoms with Crippen molar-refractivity contribution >= 4 is 24.0 Å². The second-order valence-electron chi connectivity index (χ2n) is 7.53. The summed E-state index contributed by atoms with van der Waals surface area (Å²) >= 11 is 0. The molecule has 0 saturated heterocycles. The van der Waals surface area contributed by atoms with E-state index in [9.17, 15) is 0 Å². The van der Waals surface area contributed by atoms with E-state index in [0.717, 1.165) is 18.3 Å². The molecule has 0 aromatic rings. The predicted octanol–water partition coefficient (Wildman–Crippen LogP) is 4.59. The molecule has 0 aromatic carbocycles. The van der Waals surface area contributed by atoms with Crippen LogP contribution in [0.5, 0.6) is 0 Å². The molecule has 2 saturated carbocycles. The third kappa shape index (κ3) is 1.90. The second kappa shape index (κ2) is 4.98. The lowest BCUT2D eigenvalue weighted by Gasteiger charge is -2.54. The van der Waals surface area contributed by atoms with Crippen LogP contribution in [0.25, 0.3) is 0 Å². The minimum atomic E-state index is -0.0713. The maximum absolute atomic E-state index is 6.87. The van der Waals surface area contributed by atoms with E-state index in [4.69, 9.17) is 5.73 Å². The van der Waals surface area contributed by atoms with Gasteiger partial charge in [-0.15, -0.1) is 24.0 Å².